The van der Waals surface area contributed by atoms with Crippen LogP contribution in [0.25, 0.3) is 0 Å². The van der Waals surface area contributed by atoms with Gasteiger partial charge in [0.15, 0.2) is 11.7 Å². The van der Waals surface area contributed by atoms with Gasteiger partial charge < -0.3 is 5.32 Å². The molecule has 2 aromatic carbocycles. The number of halogens is 2. The number of nitrogens with one attached hydrogen (secondary N) is 1. The van der Waals surface area contributed by atoms with Crippen molar-refractivity contribution >= 4 is 29.0 Å². The van der Waals surface area contributed by atoms with Crippen molar-refractivity contribution in [2.75, 3.05) is 5.32 Å². The number of carbonyl (C=O) groups excluding carboxylic acids is 2. The van der Waals surface area contributed by atoms with Gasteiger partial charge in [-0.15, -0.1) is 0 Å². The van der Waals surface area contributed by atoms with Crippen LogP contribution in [0.5, 0.6) is 0 Å². The monoisotopic (exact) mass is 344 g/mol. The molecule has 0 fully saturated rings. The van der Waals surface area contributed by atoms with Gasteiger partial charge >= 0.3 is 0 Å². The molecule has 0 saturated heterocycles. The Labute approximate surface area is 143 Å². The largest absolute Gasteiger partial charge is 0.323 e. The third kappa shape index (κ3) is 4.40. The number of hydrogen-bond donors (Lipinski definition) is 1. The maximum absolute atomic E-state index is 13.5. The Morgan fingerprint density at radius 2 is 1.83 bits per heavy atom. The van der Waals surface area contributed by atoms with Gasteiger partial charge in [0.05, 0.1) is 16.8 Å². The van der Waals surface area contributed by atoms with Crippen LogP contribution < -0.4 is 5.32 Å². The zero-order valence-electron chi connectivity index (χ0n) is 12.6. The first kappa shape index (κ1) is 17.6. The lowest BCUT2D eigenvalue weighted by Gasteiger charge is -2.11. The smallest absolute Gasteiger partial charge is 0.249 e. The molecule has 1 atom stereocenters. The summed E-state index contributed by atoms with van der Waals surface area (Å²) in [6.45, 7) is 0. The van der Waals surface area contributed by atoms with Crippen molar-refractivity contribution in [2.24, 2.45) is 5.92 Å². The first-order valence-electron chi connectivity index (χ1n) is 7.24. The SMILES string of the molecule is N#CC(C(=O)CCc1ccccc1F)C(=O)Nc1ccccc1Cl. The number of carbonyl (C=O) groups is 2. The number of para-hydroxylation sites is 1. The Hall–Kier alpha value is -2.71. The van der Waals surface area contributed by atoms with E-state index in [9.17, 15) is 14.0 Å². The van der Waals surface area contributed by atoms with Gasteiger partial charge in [0.1, 0.15) is 5.82 Å². The third-order valence-corrected chi connectivity index (χ3v) is 3.77. The summed E-state index contributed by atoms with van der Waals surface area (Å²) in [7, 11) is 0. The molecule has 0 spiro atoms. The van der Waals surface area contributed by atoms with Crippen molar-refractivity contribution in [1.29, 1.82) is 5.26 Å². The Morgan fingerprint density at radius 3 is 2.50 bits per heavy atom. The topological polar surface area (TPSA) is 70.0 Å². The Kier molecular flexibility index (Phi) is 6.05. The second kappa shape index (κ2) is 8.23. The lowest BCUT2D eigenvalue weighted by molar-refractivity contribution is -0.128. The quantitative estimate of drug-likeness (QED) is 0.811. The number of anilines is 1. The number of nitriles is 1. The van der Waals surface area contributed by atoms with Crippen LogP contribution >= 0.6 is 11.6 Å². The summed E-state index contributed by atoms with van der Waals surface area (Å²) < 4.78 is 13.5. The molecule has 2 rings (SSSR count). The van der Waals surface area contributed by atoms with Crippen LogP contribution in [0.1, 0.15) is 12.0 Å². The Bertz CT molecular complexity index is 802. The van der Waals surface area contributed by atoms with E-state index in [4.69, 9.17) is 16.9 Å². The number of benzene rings is 2. The summed E-state index contributed by atoms with van der Waals surface area (Å²) in [6.07, 6.45) is 0.0260. The summed E-state index contributed by atoms with van der Waals surface area (Å²) in [4.78, 5) is 24.3. The van der Waals surface area contributed by atoms with Gasteiger partial charge in [-0.05, 0) is 30.2 Å². The maximum atomic E-state index is 13.5. The first-order valence-corrected chi connectivity index (χ1v) is 7.62. The number of amides is 1. The molecule has 2 aromatic rings. The molecule has 24 heavy (non-hydrogen) atoms. The number of rotatable bonds is 6. The van der Waals surface area contributed by atoms with E-state index in [1.807, 2.05) is 0 Å². The number of nitrogens with zero attached hydrogens (tertiary/aromatic N) is 1. The highest BCUT2D eigenvalue weighted by atomic mass is 35.5. The molecule has 0 aliphatic heterocycles. The molecule has 122 valence electrons. The fourth-order valence-electron chi connectivity index (χ4n) is 2.15. The minimum atomic E-state index is -1.46. The fourth-order valence-corrected chi connectivity index (χ4v) is 2.33. The molecule has 0 aromatic heterocycles. The van der Waals surface area contributed by atoms with Crippen LogP contribution in [-0.4, -0.2) is 11.7 Å². The zero-order chi connectivity index (χ0) is 17.5. The second-order valence-corrected chi connectivity index (χ2v) is 5.50. The highest BCUT2D eigenvalue weighted by Crippen LogP contribution is 2.21. The second-order valence-electron chi connectivity index (χ2n) is 5.09. The minimum absolute atomic E-state index is 0.102. The van der Waals surface area contributed by atoms with Crippen molar-refractivity contribution in [3.05, 3.63) is 64.9 Å². The summed E-state index contributed by atoms with van der Waals surface area (Å²) in [5.41, 5.74) is 0.695. The molecule has 0 aliphatic rings. The molecular formula is C18H14ClFN2O2. The molecule has 0 saturated carbocycles. The fraction of sp³-hybridized carbons (Fsp3) is 0.167. The van der Waals surface area contributed by atoms with E-state index in [1.165, 1.54) is 6.07 Å². The molecule has 1 N–H and O–H groups in total. The minimum Gasteiger partial charge on any atom is -0.323 e. The molecule has 1 unspecified atom stereocenters. The molecule has 0 aliphatic carbocycles. The molecular weight excluding hydrogens is 331 g/mol. The van der Waals surface area contributed by atoms with E-state index in [1.54, 1.807) is 48.5 Å². The van der Waals surface area contributed by atoms with Crippen LogP contribution in [0.3, 0.4) is 0 Å². The van der Waals surface area contributed by atoms with Crippen LogP contribution in [0.2, 0.25) is 5.02 Å². The van der Waals surface area contributed by atoms with E-state index < -0.39 is 23.4 Å². The van der Waals surface area contributed by atoms with Crippen LogP contribution in [-0.2, 0) is 16.0 Å². The van der Waals surface area contributed by atoms with Gasteiger partial charge in [0.25, 0.3) is 0 Å². The summed E-state index contributed by atoms with van der Waals surface area (Å²) in [5, 5.41) is 11.9. The molecule has 0 heterocycles. The van der Waals surface area contributed by atoms with E-state index >= 15 is 0 Å². The summed E-state index contributed by atoms with van der Waals surface area (Å²) in [6, 6.07) is 14.3. The molecule has 1 amide bonds. The number of hydrogen-bond acceptors (Lipinski definition) is 3. The van der Waals surface area contributed by atoms with Gasteiger partial charge in [-0.3, -0.25) is 9.59 Å². The lowest BCUT2D eigenvalue weighted by Crippen LogP contribution is -2.29. The molecule has 0 radical (unpaired) electrons. The number of aryl methyl sites for hydroxylation is 1. The predicted molar refractivity (Wildman–Crippen MR) is 88.9 cm³/mol. The van der Waals surface area contributed by atoms with Crippen LogP contribution in [0, 0.1) is 23.1 Å². The van der Waals surface area contributed by atoms with Crippen molar-refractivity contribution in [3.63, 3.8) is 0 Å². The summed E-state index contributed by atoms with van der Waals surface area (Å²) in [5.74, 6) is -3.19. The molecule has 4 nitrogen and oxygen atoms in total. The summed E-state index contributed by atoms with van der Waals surface area (Å²) >= 11 is 5.93. The van der Waals surface area contributed by atoms with Crippen molar-refractivity contribution in [2.45, 2.75) is 12.8 Å². The first-order chi connectivity index (χ1) is 11.5. The molecule has 6 heteroatoms. The average Bonchev–Trinajstić information content (AvgIpc) is 2.57. The normalized spacial score (nSPS) is 11.4. The van der Waals surface area contributed by atoms with Gasteiger partial charge in [0.2, 0.25) is 5.91 Å². The van der Waals surface area contributed by atoms with E-state index in [-0.39, 0.29) is 12.8 Å². The highest BCUT2D eigenvalue weighted by molar-refractivity contribution is 6.33. The standard InChI is InChI=1S/C18H14ClFN2O2/c19-14-6-2-4-8-16(14)22-18(24)13(11-21)17(23)10-9-12-5-1-3-7-15(12)20/h1-8,13H,9-10H2,(H,22,24). The predicted octanol–water partition coefficient (Wildman–Crippen LogP) is 3.76. The highest BCUT2D eigenvalue weighted by Gasteiger charge is 2.26. The van der Waals surface area contributed by atoms with Gasteiger partial charge in [0, 0.05) is 6.42 Å². The van der Waals surface area contributed by atoms with Crippen molar-refractivity contribution in [3.8, 4) is 6.07 Å². The van der Waals surface area contributed by atoms with Crippen molar-refractivity contribution < 1.29 is 14.0 Å². The Morgan fingerprint density at radius 1 is 1.17 bits per heavy atom. The van der Waals surface area contributed by atoms with Crippen LogP contribution in [0.4, 0.5) is 10.1 Å². The van der Waals surface area contributed by atoms with Crippen molar-refractivity contribution in [1.82, 2.24) is 0 Å². The van der Waals surface area contributed by atoms with Gasteiger partial charge in [-0.1, -0.05) is 41.9 Å². The average molecular weight is 345 g/mol. The third-order valence-electron chi connectivity index (χ3n) is 3.44. The number of ketones is 1. The van der Waals surface area contributed by atoms with Gasteiger partial charge in [-0.25, -0.2) is 4.39 Å². The Balaban J connectivity index is 2.01. The lowest BCUT2D eigenvalue weighted by atomic mass is 9.98. The van der Waals surface area contributed by atoms with E-state index in [2.05, 4.69) is 5.32 Å². The van der Waals surface area contributed by atoms with E-state index in [0.717, 1.165) is 0 Å². The molecule has 0 bridgehead atoms. The zero-order valence-corrected chi connectivity index (χ0v) is 13.4. The van der Waals surface area contributed by atoms with Gasteiger partial charge in [-0.2, -0.15) is 5.26 Å². The maximum Gasteiger partial charge on any atom is 0.249 e. The van der Waals surface area contributed by atoms with Crippen LogP contribution in [0.15, 0.2) is 48.5 Å². The van der Waals surface area contributed by atoms with E-state index in [0.29, 0.717) is 16.3 Å². The number of Topliss-reactive ketones (excluding diaryl/α,β-unsaturated/α-hetero) is 1.